The molecule has 0 heteroatoms. The minimum absolute atomic E-state index is 1.06. The van der Waals surface area contributed by atoms with Gasteiger partial charge in [0.2, 0.25) is 0 Å². The Morgan fingerprint density at radius 3 is 1.45 bits per heavy atom. The normalized spacial score (nSPS) is 12.6. The number of hydrogen-bond acceptors (Lipinski definition) is 0. The highest BCUT2D eigenvalue weighted by atomic mass is 13.9. The Kier molecular flexibility index (Phi) is 19.0. The molecule has 0 unspecified atom stereocenters. The fourth-order valence-corrected chi connectivity index (χ4v) is 2.18. The monoisotopic (exact) mass is 301 g/mol. The molecule has 0 aromatic carbocycles. The number of unbranched alkanes of at least 4 members (excludes halogenated alkanes) is 7. The molecular formula is C22H37. The van der Waals surface area contributed by atoms with Gasteiger partial charge >= 0.3 is 0 Å². The number of rotatable bonds is 15. The quantitative estimate of drug-likeness (QED) is 0.214. The minimum atomic E-state index is 1.06. The first kappa shape index (κ1) is 21.0. The van der Waals surface area contributed by atoms with Crippen molar-refractivity contribution in [2.45, 2.75) is 84.0 Å². The number of hydrogen-bond donors (Lipinski definition) is 0. The Morgan fingerprint density at radius 2 is 1.00 bits per heavy atom. The summed E-state index contributed by atoms with van der Waals surface area (Å²) in [5.74, 6) is 0. The molecule has 0 saturated heterocycles. The van der Waals surface area contributed by atoms with Crippen LogP contribution in [-0.2, 0) is 0 Å². The molecule has 0 aromatic rings. The van der Waals surface area contributed by atoms with E-state index in [1.54, 1.807) is 0 Å². The van der Waals surface area contributed by atoms with Crippen LogP contribution in [0.1, 0.15) is 84.0 Å². The zero-order valence-electron chi connectivity index (χ0n) is 14.8. The average Bonchev–Trinajstić information content (AvgIpc) is 2.54. The molecule has 0 bridgehead atoms. The van der Waals surface area contributed by atoms with Crippen molar-refractivity contribution in [1.82, 2.24) is 0 Å². The molecule has 0 aromatic heterocycles. The highest BCUT2D eigenvalue weighted by Gasteiger charge is 1.83. The summed E-state index contributed by atoms with van der Waals surface area (Å²) >= 11 is 0. The standard InChI is InChI=1S/C22H37/c1-3-5-7-9-11-13-15-17-19-21-22-20-18-16-14-12-10-8-6-4-2/h12-15,18-21H,1,3-11,16-17,22H2,2H3/b14-12+,15-13+,20-18+,21-19+. The molecule has 22 heavy (non-hydrogen) atoms. The third kappa shape index (κ3) is 19.0. The van der Waals surface area contributed by atoms with Crippen molar-refractivity contribution < 1.29 is 0 Å². The first-order valence-corrected chi connectivity index (χ1v) is 9.31. The topological polar surface area (TPSA) is 0 Å². The van der Waals surface area contributed by atoms with Crippen LogP contribution in [0.25, 0.3) is 0 Å². The summed E-state index contributed by atoms with van der Waals surface area (Å²) in [6, 6.07) is 0. The van der Waals surface area contributed by atoms with Gasteiger partial charge in [0, 0.05) is 0 Å². The van der Waals surface area contributed by atoms with Crippen LogP contribution in [-0.4, -0.2) is 0 Å². The zero-order chi connectivity index (χ0) is 16.1. The second-order valence-corrected chi connectivity index (χ2v) is 5.79. The fraction of sp³-hybridized carbons (Fsp3) is 0.591. The number of allylic oxidation sites excluding steroid dienone is 8. The van der Waals surface area contributed by atoms with E-state index >= 15 is 0 Å². The lowest BCUT2D eigenvalue weighted by atomic mass is 10.1. The van der Waals surface area contributed by atoms with Crippen LogP contribution in [0.4, 0.5) is 0 Å². The van der Waals surface area contributed by atoms with E-state index in [-0.39, 0.29) is 0 Å². The first-order chi connectivity index (χ1) is 10.9. The van der Waals surface area contributed by atoms with Crippen LogP contribution in [0.5, 0.6) is 0 Å². The minimum Gasteiger partial charge on any atom is -0.0882 e. The van der Waals surface area contributed by atoms with Crippen molar-refractivity contribution in [3.63, 3.8) is 0 Å². The van der Waals surface area contributed by atoms with Crippen molar-refractivity contribution in [2.24, 2.45) is 0 Å². The Balaban J connectivity index is 3.35. The van der Waals surface area contributed by atoms with Gasteiger partial charge in [0.25, 0.3) is 0 Å². The molecule has 0 aliphatic rings. The highest BCUT2D eigenvalue weighted by Crippen LogP contribution is 2.03. The molecule has 0 fully saturated rings. The van der Waals surface area contributed by atoms with Crippen LogP contribution in [0, 0.1) is 6.92 Å². The van der Waals surface area contributed by atoms with Gasteiger partial charge in [-0.1, -0.05) is 94.6 Å². The van der Waals surface area contributed by atoms with Crippen molar-refractivity contribution in [1.29, 1.82) is 0 Å². The zero-order valence-corrected chi connectivity index (χ0v) is 14.8. The maximum Gasteiger partial charge on any atom is -0.0169 e. The maximum atomic E-state index is 3.86. The molecule has 1 radical (unpaired) electrons. The van der Waals surface area contributed by atoms with Crippen LogP contribution in [0.3, 0.4) is 0 Å². The first-order valence-electron chi connectivity index (χ1n) is 9.31. The summed E-state index contributed by atoms with van der Waals surface area (Å²) in [6.45, 7) is 6.11. The molecule has 0 atom stereocenters. The van der Waals surface area contributed by atoms with E-state index in [0.29, 0.717) is 0 Å². The molecule has 0 spiro atoms. The van der Waals surface area contributed by atoms with Crippen LogP contribution in [0.2, 0.25) is 0 Å². The lowest BCUT2D eigenvalue weighted by Crippen LogP contribution is -1.73. The molecule has 0 rings (SSSR count). The van der Waals surface area contributed by atoms with E-state index in [4.69, 9.17) is 0 Å². The maximum absolute atomic E-state index is 3.86. The Labute approximate surface area is 140 Å². The van der Waals surface area contributed by atoms with Gasteiger partial charge < -0.3 is 0 Å². The van der Waals surface area contributed by atoms with Crippen molar-refractivity contribution >= 4 is 0 Å². The van der Waals surface area contributed by atoms with Crippen molar-refractivity contribution in [2.75, 3.05) is 0 Å². The van der Waals surface area contributed by atoms with E-state index < -0.39 is 0 Å². The molecule has 0 N–H and O–H groups in total. The predicted octanol–water partition coefficient (Wildman–Crippen LogP) is 7.75. The lowest BCUT2D eigenvalue weighted by Gasteiger charge is -1.93. The van der Waals surface area contributed by atoms with Gasteiger partial charge in [-0.3, -0.25) is 0 Å². The summed E-state index contributed by atoms with van der Waals surface area (Å²) in [6.07, 6.45) is 32.9. The van der Waals surface area contributed by atoms with E-state index in [1.807, 2.05) is 0 Å². The third-order valence-electron chi connectivity index (χ3n) is 3.58. The average molecular weight is 302 g/mol. The summed E-state index contributed by atoms with van der Waals surface area (Å²) in [5, 5.41) is 0. The largest absolute Gasteiger partial charge is 0.0882 e. The third-order valence-corrected chi connectivity index (χ3v) is 3.58. The second kappa shape index (κ2) is 20.0. The van der Waals surface area contributed by atoms with Crippen LogP contribution < -0.4 is 0 Å². The molecule has 0 nitrogen and oxygen atoms in total. The van der Waals surface area contributed by atoms with Crippen molar-refractivity contribution in [3.8, 4) is 0 Å². The van der Waals surface area contributed by atoms with Gasteiger partial charge in [0.05, 0.1) is 0 Å². The van der Waals surface area contributed by atoms with Crippen LogP contribution in [0.15, 0.2) is 48.6 Å². The van der Waals surface area contributed by atoms with Gasteiger partial charge in [-0.25, -0.2) is 0 Å². The van der Waals surface area contributed by atoms with Gasteiger partial charge in [0.15, 0.2) is 0 Å². The van der Waals surface area contributed by atoms with E-state index in [1.165, 1.54) is 51.4 Å². The van der Waals surface area contributed by atoms with Gasteiger partial charge in [-0.2, -0.15) is 0 Å². The van der Waals surface area contributed by atoms with E-state index in [0.717, 1.165) is 25.7 Å². The van der Waals surface area contributed by atoms with Crippen molar-refractivity contribution in [3.05, 3.63) is 55.5 Å². The highest BCUT2D eigenvalue weighted by molar-refractivity contribution is 4.99. The smallest absolute Gasteiger partial charge is 0.0169 e. The fourth-order valence-electron chi connectivity index (χ4n) is 2.18. The molecule has 0 saturated carbocycles. The Bertz CT molecular complexity index is 304. The molecular weight excluding hydrogens is 264 g/mol. The molecule has 0 aliphatic carbocycles. The Hall–Kier alpha value is -1.04. The van der Waals surface area contributed by atoms with Gasteiger partial charge in [-0.15, -0.1) is 0 Å². The second-order valence-electron chi connectivity index (χ2n) is 5.79. The van der Waals surface area contributed by atoms with Crippen LogP contribution >= 0.6 is 0 Å². The van der Waals surface area contributed by atoms with E-state index in [2.05, 4.69) is 62.5 Å². The van der Waals surface area contributed by atoms with E-state index in [9.17, 15) is 0 Å². The SMILES string of the molecule is [CH2]CCCCC/C=C/C/C=C/C/C=C/C/C=C/CCCCC. The lowest BCUT2D eigenvalue weighted by molar-refractivity contribution is 0.694. The molecule has 0 amide bonds. The van der Waals surface area contributed by atoms with Gasteiger partial charge in [-0.05, 0) is 44.9 Å². The summed E-state index contributed by atoms with van der Waals surface area (Å²) < 4.78 is 0. The van der Waals surface area contributed by atoms with Gasteiger partial charge in [0.1, 0.15) is 0 Å². The summed E-state index contributed by atoms with van der Waals surface area (Å²) in [5.41, 5.74) is 0. The summed E-state index contributed by atoms with van der Waals surface area (Å²) in [7, 11) is 0. The Morgan fingerprint density at radius 1 is 0.545 bits per heavy atom. The predicted molar refractivity (Wildman–Crippen MR) is 103 cm³/mol. The molecule has 125 valence electrons. The molecule has 0 heterocycles. The molecule has 0 aliphatic heterocycles. The summed E-state index contributed by atoms with van der Waals surface area (Å²) in [4.78, 5) is 0.